The lowest BCUT2D eigenvalue weighted by Gasteiger charge is -2.18. The first-order valence-corrected chi connectivity index (χ1v) is 8.48. The summed E-state index contributed by atoms with van der Waals surface area (Å²) in [6.07, 6.45) is 0.997. The summed E-state index contributed by atoms with van der Waals surface area (Å²) < 4.78 is 14.3. The number of hydrogen-bond donors (Lipinski definition) is 2. The highest BCUT2D eigenvalue weighted by molar-refractivity contribution is 5.97. The van der Waals surface area contributed by atoms with Crippen molar-refractivity contribution in [3.8, 4) is 0 Å². The number of hydrogen-bond acceptors (Lipinski definition) is 2. The van der Waals surface area contributed by atoms with E-state index in [0.717, 1.165) is 21.9 Å². The van der Waals surface area contributed by atoms with Gasteiger partial charge in [-0.2, -0.15) is 0 Å². The van der Waals surface area contributed by atoms with Crippen LogP contribution in [0.1, 0.15) is 17.5 Å². The summed E-state index contributed by atoms with van der Waals surface area (Å²) in [6.45, 7) is 0. The molecule has 0 saturated heterocycles. The van der Waals surface area contributed by atoms with Crippen LogP contribution in [0.25, 0.3) is 10.8 Å². The summed E-state index contributed by atoms with van der Waals surface area (Å²) in [5.74, 6) is -0.898. The third-order valence-electron chi connectivity index (χ3n) is 4.54. The third-order valence-corrected chi connectivity index (χ3v) is 4.54. The van der Waals surface area contributed by atoms with Crippen LogP contribution in [0.5, 0.6) is 0 Å². The van der Waals surface area contributed by atoms with E-state index in [1.54, 1.807) is 0 Å². The minimum atomic E-state index is -0.494. The van der Waals surface area contributed by atoms with E-state index in [-0.39, 0.29) is 23.9 Å². The molecule has 1 aliphatic heterocycles. The molecule has 0 aliphatic carbocycles. The molecule has 0 fully saturated rings. The average Bonchev–Trinajstić information content (AvgIpc) is 2.62. The number of carbonyl (C=O) groups is 2. The van der Waals surface area contributed by atoms with Gasteiger partial charge in [0, 0.05) is 12.1 Å². The van der Waals surface area contributed by atoms with Gasteiger partial charge in [-0.05, 0) is 40.5 Å². The zero-order valence-electron chi connectivity index (χ0n) is 14.0. The molecule has 130 valence electrons. The molecule has 2 N–H and O–H groups in total. The fourth-order valence-corrected chi connectivity index (χ4v) is 3.22. The number of carbonyl (C=O) groups excluding carboxylic acids is 2. The van der Waals surface area contributed by atoms with Gasteiger partial charge in [-0.3, -0.25) is 9.59 Å². The van der Waals surface area contributed by atoms with Gasteiger partial charge in [-0.25, -0.2) is 4.39 Å². The summed E-state index contributed by atoms with van der Waals surface area (Å²) in [5, 5.41) is 7.48. The molecule has 0 aromatic heterocycles. The lowest BCUT2D eigenvalue weighted by Crippen LogP contribution is -2.20. The van der Waals surface area contributed by atoms with Crippen molar-refractivity contribution in [3.05, 3.63) is 71.5 Å². The van der Waals surface area contributed by atoms with Crippen molar-refractivity contribution in [3.63, 3.8) is 0 Å². The summed E-state index contributed by atoms with van der Waals surface area (Å²) in [6, 6.07) is 16.6. The van der Waals surface area contributed by atoms with Crippen LogP contribution in [-0.4, -0.2) is 11.8 Å². The van der Waals surface area contributed by atoms with Gasteiger partial charge in [0.05, 0.1) is 12.1 Å². The van der Waals surface area contributed by atoms with Crippen molar-refractivity contribution in [1.82, 2.24) is 0 Å². The van der Waals surface area contributed by atoms with E-state index < -0.39 is 5.82 Å². The molecule has 0 spiro atoms. The van der Waals surface area contributed by atoms with Crippen LogP contribution in [0.3, 0.4) is 0 Å². The first-order valence-electron chi connectivity index (χ1n) is 8.48. The zero-order chi connectivity index (χ0) is 18.1. The lowest BCUT2D eigenvalue weighted by molar-refractivity contribution is -0.116. The first-order chi connectivity index (χ1) is 12.6. The molecule has 1 heterocycles. The van der Waals surface area contributed by atoms with Gasteiger partial charge in [0.15, 0.2) is 0 Å². The maximum absolute atomic E-state index is 14.3. The van der Waals surface area contributed by atoms with Crippen molar-refractivity contribution < 1.29 is 14.0 Å². The fourth-order valence-electron chi connectivity index (χ4n) is 3.22. The molecule has 4 rings (SSSR count). The summed E-state index contributed by atoms with van der Waals surface area (Å²) in [4.78, 5) is 23.8. The quantitative estimate of drug-likeness (QED) is 0.750. The molecule has 0 atom stereocenters. The van der Waals surface area contributed by atoms with Crippen LogP contribution in [-0.2, 0) is 22.4 Å². The number of fused-ring (bicyclic) bond motifs is 2. The Morgan fingerprint density at radius 1 is 1.04 bits per heavy atom. The molecule has 1 aliphatic rings. The van der Waals surface area contributed by atoms with Crippen LogP contribution in [0.4, 0.5) is 15.8 Å². The predicted molar refractivity (Wildman–Crippen MR) is 99.6 cm³/mol. The molecule has 3 aromatic rings. The van der Waals surface area contributed by atoms with Crippen molar-refractivity contribution >= 4 is 34.0 Å². The molecule has 0 saturated carbocycles. The molecule has 0 bridgehead atoms. The topological polar surface area (TPSA) is 58.2 Å². The highest BCUT2D eigenvalue weighted by Crippen LogP contribution is 2.28. The smallest absolute Gasteiger partial charge is 0.228 e. The largest absolute Gasteiger partial charge is 0.326 e. The summed E-state index contributed by atoms with van der Waals surface area (Å²) in [5.41, 5.74) is 2.24. The second kappa shape index (κ2) is 6.59. The van der Waals surface area contributed by atoms with E-state index >= 15 is 0 Å². The van der Waals surface area contributed by atoms with E-state index in [4.69, 9.17) is 0 Å². The summed E-state index contributed by atoms with van der Waals surface area (Å²) >= 11 is 0. The van der Waals surface area contributed by atoms with Crippen molar-refractivity contribution in [2.24, 2.45) is 0 Å². The maximum Gasteiger partial charge on any atom is 0.228 e. The monoisotopic (exact) mass is 348 g/mol. The van der Waals surface area contributed by atoms with Crippen LogP contribution in [0.15, 0.2) is 54.6 Å². The Morgan fingerprint density at radius 2 is 1.85 bits per heavy atom. The van der Waals surface area contributed by atoms with E-state index in [0.29, 0.717) is 18.5 Å². The number of anilines is 2. The van der Waals surface area contributed by atoms with Crippen LogP contribution in [0, 0.1) is 5.82 Å². The number of halogens is 1. The maximum atomic E-state index is 14.3. The minimum Gasteiger partial charge on any atom is -0.326 e. The SMILES string of the molecule is O=C(Cc1ccc2ccccc2c1)Nc1cc2c(cc1F)CCC(=O)N2. The normalized spacial score (nSPS) is 13.2. The second-order valence-corrected chi connectivity index (χ2v) is 6.44. The van der Waals surface area contributed by atoms with Crippen molar-refractivity contribution in [2.75, 3.05) is 10.6 Å². The van der Waals surface area contributed by atoms with E-state index in [2.05, 4.69) is 10.6 Å². The van der Waals surface area contributed by atoms with Gasteiger partial charge in [0.25, 0.3) is 0 Å². The lowest BCUT2D eigenvalue weighted by atomic mass is 10.0. The highest BCUT2D eigenvalue weighted by Gasteiger charge is 2.18. The predicted octanol–water partition coefficient (Wildman–Crippen LogP) is 4.04. The van der Waals surface area contributed by atoms with Crippen LogP contribution >= 0.6 is 0 Å². The second-order valence-electron chi connectivity index (χ2n) is 6.44. The Kier molecular flexibility index (Phi) is 4.13. The Balaban J connectivity index is 1.52. The highest BCUT2D eigenvalue weighted by atomic mass is 19.1. The first kappa shape index (κ1) is 16.3. The molecule has 5 heteroatoms. The number of rotatable bonds is 3. The van der Waals surface area contributed by atoms with Gasteiger partial charge in [0.1, 0.15) is 5.82 Å². The summed E-state index contributed by atoms with van der Waals surface area (Å²) in [7, 11) is 0. The van der Waals surface area contributed by atoms with E-state index in [1.807, 2.05) is 42.5 Å². The van der Waals surface area contributed by atoms with Gasteiger partial charge < -0.3 is 10.6 Å². The molecule has 3 aromatic carbocycles. The minimum absolute atomic E-state index is 0.0803. The Hall–Kier alpha value is -3.21. The molecule has 2 amide bonds. The van der Waals surface area contributed by atoms with Gasteiger partial charge in [0.2, 0.25) is 11.8 Å². The Bertz CT molecular complexity index is 1030. The van der Waals surface area contributed by atoms with E-state index in [9.17, 15) is 14.0 Å². The molecule has 0 unspecified atom stereocenters. The number of benzene rings is 3. The number of nitrogens with one attached hydrogen (secondary N) is 2. The van der Waals surface area contributed by atoms with Crippen molar-refractivity contribution in [1.29, 1.82) is 0 Å². The number of aryl methyl sites for hydroxylation is 1. The standard InChI is InChI=1S/C21H17FN2O2/c22-17-11-16-7-8-20(25)23-18(16)12-19(17)24-21(26)10-13-5-6-14-3-1-2-4-15(14)9-13/h1-6,9,11-12H,7-8,10H2,(H,23,25)(H,24,26). The molecular formula is C21H17FN2O2. The van der Waals surface area contributed by atoms with E-state index in [1.165, 1.54) is 12.1 Å². The zero-order valence-corrected chi connectivity index (χ0v) is 14.0. The Labute approximate surface area is 150 Å². The van der Waals surface area contributed by atoms with Gasteiger partial charge in [-0.15, -0.1) is 0 Å². The number of amides is 2. The Morgan fingerprint density at radius 3 is 2.69 bits per heavy atom. The molecule has 4 nitrogen and oxygen atoms in total. The molecule has 26 heavy (non-hydrogen) atoms. The van der Waals surface area contributed by atoms with Gasteiger partial charge >= 0.3 is 0 Å². The fraction of sp³-hybridized carbons (Fsp3) is 0.143. The van der Waals surface area contributed by atoms with Crippen LogP contribution in [0.2, 0.25) is 0 Å². The van der Waals surface area contributed by atoms with Crippen molar-refractivity contribution in [2.45, 2.75) is 19.3 Å². The third kappa shape index (κ3) is 3.28. The molecule has 0 radical (unpaired) electrons. The molecular weight excluding hydrogens is 331 g/mol. The van der Waals surface area contributed by atoms with Crippen LogP contribution < -0.4 is 10.6 Å². The van der Waals surface area contributed by atoms with Gasteiger partial charge in [-0.1, -0.05) is 42.5 Å². The average molecular weight is 348 g/mol.